The molecule has 3 aliphatic rings. The Morgan fingerprint density at radius 3 is 2.75 bits per heavy atom. The summed E-state index contributed by atoms with van der Waals surface area (Å²) >= 11 is 3.51. The zero-order valence-electron chi connectivity index (χ0n) is 12.5. The number of ether oxygens (including phenoxy) is 3. The summed E-state index contributed by atoms with van der Waals surface area (Å²) in [6.07, 6.45) is 0. The minimum atomic E-state index is -0.272. The third-order valence-electron chi connectivity index (χ3n) is 4.50. The molecule has 24 heavy (non-hydrogen) atoms. The number of fused-ring (bicyclic) bond motifs is 2. The molecule has 0 radical (unpaired) electrons. The number of esters is 1. The average Bonchev–Trinajstić information content (AvgIpc) is 3.17. The number of carbonyl (C=O) groups excluding carboxylic acids is 1. The number of hydrogen-bond acceptors (Lipinski definition) is 5. The van der Waals surface area contributed by atoms with Crippen LogP contribution in [0, 0.1) is 0 Å². The van der Waals surface area contributed by atoms with Crippen LogP contribution in [0.3, 0.4) is 0 Å². The van der Waals surface area contributed by atoms with E-state index in [-0.39, 0.29) is 25.3 Å². The molecule has 0 fully saturated rings. The van der Waals surface area contributed by atoms with Crippen LogP contribution < -0.4 is 14.8 Å². The van der Waals surface area contributed by atoms with E-state index in [4.69, 9.17) is 14.2 Å². The van der Waals surface area contributed by atoms with Gasteiger partial charge in [-0.15, -0.1) is 0 Å². The van der Waals surface area contributed by atoms with Crippen molar-refractivity contribution in [1.82, 2.24) is 0 Å². The Kier molecular flexibility index (Phi) is 2.91. The topological polar surface area (TPSA) is 56.8 Å². The highest BCUT2D eigenvalue weighted by Crippen LogP contribution is 2.48. The van der Waals surface area contributed by atoms with Crippen molar-refractivity contribution in [1.29, 1.82) is 0 Å². The van der Waals surface area contributed by atoms with E-state index in [9.17, 15) is 4.79 Å². The number of anilines is 1. The number of hydrogen-bond donors (Lipinski definition) is 1. The van der Waals surface area contributed by atoms with E-state index in [2.05, 4.69) is 21.2 Å². The Labute approximate surface area is 146 Å². The van der Waals surface area contributed by atoms with Gasteiger partial charge in [0.15, 0.2) is 11.5 Å². The van der Waals surface area contributed by atoms with E-state index in [0.29, 0.717) is 17.1 Å². The molecule has 5 rings (SSSR count). The fourth-order valence-corrected chi connectivity index (χ4v) is 3.88. The Morgan fingerprint density at radius 2 is 1.92 bits per heavy atom. The van der Waals surface area contributed by atoms with Gasteiger partial charge < -0.3 is 19.5 Å². The molecule has 2 aromatic carbocycles. The van der Waals surface area contributed by atoms with Gasteiger partial charge in [0.2, 0.25) is 6.79 Å². The standard InChI is InChI=1S/C18H12BrNO4/c19-10-3-1-2-9(4-10)16-11-5-14-15(24-8-23-14)6-12(11)20-13-7-22-18(21)17(13)16/h1-6,16,20H,7-8H2/t16-/m0/s1. The lowest BCUT2D eigenvalue weighted by molar-refractivity contribution is -0.136. The summed E-state index contributed by atoms with van der Waals surface area (Å²) in [6, 6.07) is 11.9. The van der Waals surface area contributed by atoms with Crippen molar-refractivity contribution in [2.24, 2.45) is 0 Å². The van der Waals surface area contributed by atoms with Crippen LogP contribution in [-0.2, 0) is 9.53 Å². The Balaban J connectivity index is 1.75. The van der Waals surface area contributed by atoms with Gasteiger partial charge in [0, 0.05) is 22.1 Å². The van der Waals surface area contributed by atoms with Crippen LogP contribution in [-0.4, -0.2) is 19.4 Å². The summed E-state index contributed by atoms with van der Waals surface area (Å²) in [7, 11) is 0. The number of halogens is 1. The molecule has 3 heterocycles. The van der Waals surface area contributed by atoms with E-state index < -0.39 is 0 Å². The zero-order valence-corrected chi connectivity index (χ0v) is 14.1. The Hall–Kier alpha value is -2.47. The quantitative estimate of drug-likeness (QED) is 0.760. The molecule has 0 unspecified atom stereocenters. The second kappa shape index (κ2) is 5.01. The molecule has 0 spiro atoms. The highest BCUT2D eigenvalue weighted by atomic mass is 79.9. The maximum atomic E-state index is 12.3. The van der Waals surface area contributed by atoms with Crippen molar-refractivity contribution in [2.75, 3.05) is 18.7 Å². The normalized spacial score (nSPS) is 20.4. The highest BCUT2D eigenvalue weighted by Gasteiger charge is 2.39. The van der Waals surface area contributed by atoms with E-state index in [0.717, 1.165) is 27.0 Å². The molecule has 0 saturated heterocycles. The second-order valence-corrected chi connectivity index (χ2v) is 6.79. The van der Waals surface area contributed by atoms with Crippen molar-refractivity contribution >= 4 is 27.6 Å². The van der Waals surface area contributed by atoms with Crippen LogP contribution in [0.5, 0.6) is 11.5 Å². The molecule has 0 saturated carbocycles. The molecule has 0 aliphatic carbocycles. The molecular formula is C18H12BrNO4. The number of benzene rings is 2. The van der Waals surface area contributed by atoms with Gasteiger partial charge >= 0.3 is 5.97 Å². The van der Waals surface area contributed by atoms with Gasteiger partial charge in [0.1, 0.15) is 6.61 Å². The lowest BCUT2D eigenvalue weighted by Crippen LogP contribution is -2.19. The number of cyclic esters (lactones) is 1. The maximum absolute atomic E-state index is 12.3. The van der Waals surface area contributed by atoms with Crippen LogP contribution in [0.25, 0.3) is 0 Å². The molecule has 6 heteroatoms. The molecule has 5 nitrogen and oxygen atoms in total. The maximum Gasteiger partial charge on any atom is 0.337 e. The average molecular weight is 386 g/mol. The van der Waals surface area contributed by atoms with E-state index in [1.165, 1.54) is 0 Å². The van der Waals surface area contributed by atoms with Crippen LogP contribution in [0.2, 0.25) is 0 Å². The van der Waals surface area contributed by atoms with Crippen LogP contribution >= 0.6 is 15.9 Å². The monoisotopic (exact) mass is 385 g/mol. The zero-order chi connectivity index (χ0) is 16.3. The Morgan fingerprint density at radius 1 is 1.08 bits per heavy atom. The third kappa shape index (κ3) is 1.96. The van der Waals surface area contributed by atoms with E-state index in [1.54, 1.807) is 0 Å². The lowest BCUT2D eigenvalue weighted by atomic mass is 9.81. The SMILES string of the molecule is O=C1OCC2=C1[C@@H](c1cccc(Br)c1)c1cc3c(cc1N2)OCO3. The highest BCUT2D eigenvalue weighted by molar-refractivity contribution is 9.10. The number of nitrogens with one attached hydrogen (secondary N) is 1. The van der Waals surface area contributed by atoms with E-state index in [1.807, 2.05) is 36.4 Å². The van der Waals surface area contributed by atoms with Crippen molar-refractivity contribution in [3.05, 3.63) is 63.3 Å². The predicted molar refractivity (Wildman–Crippen MR) is 90.2 cm³/mol. The minimum absolute atomic E-state index is 0.196. The first kappa shape index (κ1) is 13.9. The third-order valence-corrected chi connectivity index (χ3v) is 5.00. The van der Waals surface area contributed by atoms with Crippen LogP contribution in [0.15, 0.2) is 52.1 Å². The summed E-state index contributed by atoms with van der Waals surface area (Å²) in [5, 5.41) is 3.32. The van der Waals surface area contributed by atoms with Crippen molar-refractivity contribution < 1.29 is 19.0 Å². The molecule has 120 valence electrons. The first-order chi connectivity index (χ1) is 11.7. The summed E-state index contributed by atoms with van der Waals surface area (Å²) in [5.74, 6) is 0.943. The molecular weight excluding hydrogens is 374 g/mol. The van der Waals surface area contributed by atoms with Gasteiger partial charge in [-0.3, -0.25) is 0 Å². The number of rotatable bonds is 1. The van der Waals surface area contributed by atoms with Gasteiger partial charge in [-0.05, 0) is 29.3 Å². The fourth-order valence-electron chi connectivity index (χ4n) is 3.47. The summed E-state index contributed by atoms with van der Waals surface area (Å²) in [6.45, 7) is 0.488. The fraction of sp³-hybridized carbons (Fsp3) is 0.167. The van der Waals surface area contributed by atoms with Gasteiger partial charge in [-0.2, -0.15) is 0 Å². The molecule has 2 aromatic rings. The molecule has 0 amide bonds. The lowest BCUT2D eigenvalue weighted by Gasteiger charge is -2.27. The van der Waals surface area contributed by atoms with Crippen molar-refractivity contribution in [3.8, 4) is 11.5 Å². The summed E-state index contributed by atoms with van der Waals surface area (Å²) in [4.78, 5) is 12.3. The van der Waals surface area contributed by atoms with Gasteiger partial charge in [-0.25, -0.2) is 4.79 Å². The largest absolute Gasteiger partial charge is 0.456 e. The first-order valence-electron chi connectivity index (χ1n) is 7.57. The molecule has 1 N–H and O–H groups in total. The van der Waals surface area contributed by atoms with Crippen LogP contribution in [0.1, 0.15) is 17.0 Å². The van der Waals surface area contributed by atoms with Gasteiger partial charge in [0.05, 0.1) is 11.3 Å². The second-order valence-electron chi connectivity index (χ2n) is 5.87. The van der Waals surface area contributed by atoms with E-state index >= 15 is 0 Å². The van der Waals surface area contributed by atoms with Crippen LogP contribution in [0.4, 0.5) is 5.69 Å². The number of carbonyl (C=O) groups is 1. The first-order valence-corrected chi connectivity index (χ1v) is 8.36. The molecule has 3 aliphatic heterocycles. The predicted octanol–water partition coefficient (Wildman–Crippen LogP) is 3.55. The smallest absolute Gasteiger partial charge is 0.337 e. The summed E-state index contributed by atoms with van der Waals surface area (Å²) < 4.78 is 17.2. The molecule has 0 aromatic heterocycles. The van der Waals surface area contributed by atoms with Gasteiger partial charge in [0.25, 0.3) is 0 Å². The van der Waals surface area contributed by atoms with Crippen molar-refractivity contribution in [2.45, 2.75) is 5.92 Å². The molecule has 0 bridgehead atoms. The molecule has 1 atom stereocenters. The van der Waals surface area contributed by atoms with Crippen molar-refractivity contribution in [3.63, 3.8) is 0 Å². The van der Waals surface area contributed by atoms with Gasteiger partial charge in [-0.1, -0.05) is 28.1 Å². The summed E-state index contributed by atoms with van der Waals surface area (Å²) in [5.41, 5.74) is 4.41. The Bertz CT molecular complexity index is 921. The minimum Gasteiger partial charge on any atom is -0.456 e.